The number of anilines is 2. The third-order valence-corrected chi connectivity index (χ3v) is 4.45. The first kappa shape index (κ1) is 21.1. The number of nitrogens with zero attached hydrogens (tertiary/aromatic N) is 1. The van der Waals surface area contributed by atoms with Crippen LogP contribution in [0.3, 0.4) is 0 Å². The third kappa shape index (κ3) is 5.05. The number of hydrogen-bond acceptors (Lipinski definition) is 4. The van der Waals surface area contributed by atoms with Crippen LogP contribution in [0.15, 0.2) is 53.2 Å². The van der Waals surface area contributed by atoms with Crippen LogP contribution in [0.5, 0.6) is 0 Å². The van der Waals surface area contributed by atoms with E-state index in [2.05, 4.69) is 15.8 Å². The number of Topliss-reactive ketones (excluding diaryl/α,β-unsaturated/α-hetero) is 1. The molecule has 156 valence electrons. The molecule has 0 aliphatic rings. The number of hydrogen-bond donors (Lipinski definition) is 2. The third-order valence-electron chi connectivity index (χ3n) is 4.45. The number of aromatic nitrogens is 1. The van der Waals surface area contributed by atoms with Crippen LogP contribution in [0.4, 0.5) is 29.3 Å². The highest BCUT2D eigenvalue weighted by Gasteiger charge is 2.30. The van der Waals surface area contributed by atoms with E-state index < -0.39 is 17.8 Å². The second-order valence-electron chi connectivity index (χ2n) is 6.69. The lowest BCUT2D eigenvalue weighted by atomic mass is 9.99. The van der Waals surface area contributed by atoms with Gasteiger partial charge in [-0.05, 0) is 55.3 Å². The Morgan fingerprint density at radius 3 is 2.33 bits per heavy atom. The summed E-state index contributed by atoms with van der Waals surface area (Å²) in [6, 6.07) is 8.66. The molecule has 2 N–H and O–H groups in total. The molecule has 30 heavy (non-hydrogen) atoms. The molecule has 3 rings (SSSR count). The van der Waals surface area contributed by atoms with E-state index in [-0.39, 0.29) is 17.9 Å². The molecular formula is C21H18F3N3O3. The maximum Gasteiger partial charge on any atom is 0.416 e. The van der Waals surface area contributed by atoms with Gasteiger partial charge >= 0.3 is 12.2 Å². The highest BCUT2D eigenvalue weighted by Crippen LogP contribution is 2.30. The lowest BCUT2D eigenvalue weighted by Crippen LogP contribution is -2.20. The predicted molar refractivity (Wildman–Crippen MR) is 105 cm³/mol. The molecule has 1 heterocycles. The van der Waals surface area contributed by atoms with E-state index in [9.17, 15) is 22.8 Å². The van der Waals surface area contributed by atoms with Crippen molar-refractivity contribution >= 4 is 23.2 Å². The number of amides is 2. The van der Waals surface area contributed by atoms with E-state index >= 15 is 0 Å². The lowest BCUT2D eigenvalue weighted by Gasteiger charge is -2.12. The van der Waals surface area contributed by atoms with Crippen molar-refractivity contribution in [1.29, 1.82) is 0 Å². The number of benzene rings is 2. The van der Waals surface area contributed by atoms with Gasteiger partial charge in [0, 0.05) is 17.8 Å². The molecule has 0 aliphatic heterocycles. The normalized spacial score (nSPS) is 11.2. The fraction of sp³-hybridized carbons (Fsp3) is 0.190. The number of halogens is 3. The molecule has 0 saturated carbocycles. The molecule has 0 saturated heterocycles. The summed E-state index contributed by atoms with van der Waals surface area (Å²) < 4.78 is 43.2. The van der Waals surface area contributed by atoms with Crippen LogP contribution >= 0.6 is 0 Å². The van der Waals surface area contributed by atoms with Gasteiger partial charge in [-0.15, -0.1) is 0 Å². The largest absolute Gasteiger partial charge is 0.416 e. The van der Waals surface area contributed by atoms with Crippen molar-refractivity contribution in [2.24, 2.45) is 0 Å². The van der Waals surface area contributed by atoms with E-state index in [1.807, 2.05) is 0 Å². The number of urea groups is 1. The molecule has 0 bridgehead atoms. The zero-order valence-electron chi connectivity index (χ0n) is 16.1. The van der Waals surface area contributed by atoms with Gasteiger partial charge in [-0.3, -0.25) is 4.79 Å². The lowest BCUT2D eigenvalue weighted by molar-refractivity contribution is -0.137. The monoisotopic (exact) mass is 417 g/mol. The van der Waals surface area contributed by atoms with Crippen LogP contribution in [0, 0.1) is 13.8 Å². The van der Waals surface area contributed by atoms with Crippen molar-refractivity contribution in [3.05, 3.63) is 76.7 Å². The number of carbonyl (C=O) groups is 2. The SMILES string of the molecule is Cc1cc(NC(=O)Nc2cccc(C(F)(F)F)c2)ccc1CC(=O)c1cnoc1C. The maximum atomic E-state index is 12.8. The molecule has 2 amide bonds. The summed E-state index contributed by atoms with van der Waals surface area (Å²) in [5.41, 5.74) is 1.56. The number of rotatable bonds is 5. The molecule has 1 aromatic heterocycles. The molecule has 0 spiro atoms. The van der Waals surface area contributed by atoms with Crippen molar-refractivity contribution in [3.8, 4) is 0 Å². The van der Waals surface area contributed by atoms with Crippen molar-refractivity contribution in [2.45, 2.75) is 26.4 Å². The van der Waals surface area contributed by atoms with E-state index in [0.29, 0.717) is 17.0 Å². The minimum absolute atomic E-state index is 0.0188. The topological polar surface area (TPSA) is 84.2 Å². The zero-order valence-corrected chi connectivity index (χ0v) is 16.1. The van der Waals surface area contributed by atoms with Gasteiger partial charge < -0.3 is 15.2 Å². The first-order valence-corrected chi connectivity index (χ1v) is 8.93. The minimum Gasteiger partial charge on any atom is -0.361 e. The van der Waals surface area contributed by atoms with Crippen LogP contribution in [0.2, 0.25) is 0 Å². The van der Waals surface area contributed by atoms with E-state index in [1.54, 1.807) is 32.0 Å². The van der Waals surface area contributed by atoms with E-state index in [0.717, 1.165) is 23.3 Å². The van der Waals surface area contributed by atoms with Gasteiger partial charge in [-0.2, -0.15) is 13.2 Å². The first-order valence-electron chi connectivity index (χ1n) is 8.93. The van der Waals surface area contributed by atoms with Crippen LogP contribution in [0.25, 0.3) is 0 Å². The van der Waals surface area contributed by atoms with Gasteiger partial charge in [-0.25, -0.2) is 4.79 Å². The Bertz CT molecular complexity index is 1090. The van der Waals surface area contributed by atoms with Crippen LogP contribution in [-0.4, -0.2) is 17.0 Å². The smallest absolute Gasteiger partial charge is 0.361 e. The molecule has 6 nitrogen and oxygen atoms in total. The summed E-state index contributed by atoms with van der Waals surface area (Å²) >= 11 is 0. The Labute approximate surface area is 170 Å². The Balaban J connectivity index is 1.65. The standard InChI is InChI=1S/C21H18F3N3O3/c1-12-8-17(7-6-14(12)9-19(28)18-11-25-30-13(18)2)27-20(29)26-16-5-3-4-15(10-16)21(22,23)24/h3-8,10-11H,9H2,1-2H3,(H2,26,27,29). The molecule has 0 fully saturated rings. The molecule has 9 heteroatoms. The van der Waals surface area contributed by atoms with Crippen molar-refractivity contribution in [2.75, 3.05) is 10.6 Å². The highest BCUT2D eigenvalue weighted by molar-refractivity contribution is 6.00. The fourth-order valence-electron chi connectivity index (χ4n) is 2.87. The molecule has 0 atom stereocenters. The molecule has 2 aromatic carbocycles. The van der Waals surface area contributed by atoms with Crippen molar-refractivity contribution in [1.82, 2.24) is 5.16 Å². The maximum absolute atomic E-state index is 12.8. The van der Waals surface area contributed by atoms with Gasteiger partial charge in [0.2, 0.25) is 0 Å². The quantitative estimate of drug-likeness (QED) is 0.546. The van der Waals surface area contributed by atoms with Gasteiger partial charge in [0.1, 0.15) is 5.76 Å². The van der Waals surface area contributed by atoms with E-state index in [4.69, 9.17) is 4.52 Å². The average molecular weight is 417 g/mol. The number of alkyl halides is 3. The number of carbonyl (C=O) groups excluding carboxylic acids is 2. The van der Waals surface area contributed by atoms with Crippen molar-refractivity contribution in [3.63, 3.8) is 0 Å². The van der Waals surface area contributed by atoms with E-state index in [1.165, 1.54) is 18.3 Å². The molecule has 3 aromatic rings. The average Bonchev–Trinajstić information content (AvgIpc) is 3.09. The Morgan fingerprint density at radius 1 is 1.03 bits per heavy atom. The number of nitrogens with one attached hydrogen (secondary N) is 2. The summed E-state index contributed by atoms with van der Waals surface area (Å²) in [6.07, 6.45) is -2.98. The summed E-state index contributed by atoms with van der Waals surface area (Å²) in [6.45, 7) is 3.45. The summed E-state index contributed by atoms with van der Waals surface area (Å²) in [5, 5.41) is 8.53. The highest BCUT2D eigenvalue weighted by atomic mass is 19.4. The van der Waals surface area contributed by atoms with Crippen LogP contribution in [-0.2, 0) is 12.6 Å². The Hall–Kier alpha value is -3.62. The van der Waals surface area contributed by atoms with Crippen LogP contribution < -0.4 is 10.6 Å². The first-order chi connectivity index (χ1) is 14.1. The fourth-order valence-corrected chi connectivity index (χ4v) is 2.87. The molecular weight excluding hydrogens is 399 g/mol. The minimum atomic E-state index is -4.50. The molecule has 0 radical (unpaired) electrons. The second kappa shape index (κ2) is 8.40. The van der Waals surface area contributed by atoms with Crippen molar-refractivity contribution < 1.29 is 27.3 Å². The predicted octanol–water partition coefficient (Wildman–Crippen LogP) is 5.38. The van der Waals surface area contributed by atoms with Gasteiger partial charge in [0.15, 0.2) is 5.78 Å². The number of ketones is 1. The summed E-state index contributed by atoms with van der Waals surface area (Å²) in [5.74, 6) is 0.307. The van der Waals surface area contributed by atoms with Crippen LogP contribution in [0.1, 0.15) is 32.8 Å². The Morgan fingerprint density at radius 2 is 1.73 bits per heavy atom. The van der Waals surface area contributed by atoms with Gasteiger partial charge in [0.25, 0.3) is 0 Å². The van der Waals surface area contributed by atoms with Gasteiger partial charge in [0.05, 0.1) is 17.3 Å². The second-order valence-corrected chi connectivity index (χ2v) is 6.69. The molecule has 0 unspecified atom stereocenters. The zero-order chi connectivity index (χ0) is 21.9. The Kier molecular flexibility index (Phi) is 5.91. The number of aryl methyl sites for hydroxylation is 2. The molecule has 0 aliphatic carbocycles. The summed E-state index contributed by atoms with van der Waals surface area (Å²) in [7, 11) is 0. The summed E-state index contributed by atoms with van der Waals surface area (Å²) in [4.78, 5) is 24.5. The van der Waals surface area contributed by atoms with Gasteiger partial charge in [-0.1, -0.05) is 17.3 Å².